The number of hydrogen-bond acceptors (Lipinski definition) is 3. The highest BCUT2D eigenvalue weighted by Gasteiger charge is 2.40. The third kappa shape index (κ3) is 4.11. The van der Waals surface area contributed by atoms with Gasteiger partial charge in [-0.1, -0.05) is 6.92 Å². The average molecular weight is 335 g/mol. The average Bonchev–Trinajstić information content (AvgIpc) is 3.18. The molecule has 0 unspecified atom stereocenters. The first-order valence-corrected chi connectivity index (χ1v) is 9.70. The minimum absolute atomic E-state index is 0.216. The Morgan fingerprint density at radius 2 is 1.79 bits per heavy atom. The number of rotatable bonds is 5. The summed E-state index contributed by atoms with van der Waals surface area (Å²) in [5, 5.41) is 3.22. The number of hydrogen-bond donors (Lipinski definition) is 1. The molecule has 3 aliphatic rings. The lowest BCUT2D eigenvalue weighted by molar-refractivity contribution is -0.128. The van der Waals surface area contributed by atoms with Gasteiger partial charge in [0.15, 0.2) is 0 Å². The van der Waals surface area contributed by atoms with E-state index >= 15 is 0 Å². The third-order valence-corrected chi connectivity index (χ3v) is 6.34. The van der Waals surface area contributed by atoms with Gasteiger partial charge >= 0.3 is 0 Å². The van der Waals surface area contributed by atoms with Gasteiger partial charge in [0.05, 0.1) is 0 Å². The Morgan fingerprint density at radius 1 is 1.12 bits per heavy atom. The van der Waals surface area contributed by atoms with Gasteiger partial charge < -0.3 is 15.1 Å². The Kier molecular flexibility index (Phi) is 5.48. The number of likely N-dealkylation sites (tertiary alicyclic amines) is 2. The van der Waals surface area contributed by atoms with Crippen molar-refractivity contribution in [3.8, 4) is 0 Å². The smallest absolute Gasteiger partial charge is 0.223 e. The van der Waals surface area contributed by atoms with Gasteiger partial charge in [-0.05, 0) is 50.4 Å². The molecule has 0 aromatic heterocycles. The molecule has 2 saturated heterocycles. The van der Waals surface area contributed by atoms with Gasteiger partial charge in [0, 0.05) is 51.6 Å². The molecule has 0 aromatic rings. The van der Waals surface area contributed by atoms with E-state index in [9.17, 15) is 9.59 Å². The van der Waals surface area contributed by atoms with Crippen LogP contribution in [0.2, 0.25) is 0 Å². The van der Waals surface area contributed by atoms with E-state index < -0.39 is 0 Å². The van der Waals surface area contributed by atoms with Gasteiger partial charge in [0.25, 0.3) is 0 Å². The minimum Gasteiger partial charge on any atom is -0.353 e. The van der Waals surface area contributed by atoms with Gasteiger partial charge in [-0.2, -0.15) is 0 Å². The zero-order valence-corrected chi connectivity index (χ0v) is 15.5. The van der Waals surface area contributed by atoms with E-state index in [1.807, 2.05) is 4.90 Å². The number of amides is 2. The van der Waals surface area contributed by atoms with E-state index in [4.69, 9.17) is 0 Å². The van der Waals surface area contributed by atoms with E-state index in [0.29, 0.717) is 17.8 Å². The fraction of sp³-hybridized carbons (Fsp3) is 0.895. The molecule has 0 bridgehead atoms. The summed E-state index contributed by atoms with van der Waals surface area (Å²) >= 11 is 0. The molecule has 2 heterocycles. The monoisotopic (exact) mass is 335 g/mol. The molecule has 1 N–H and O–H groups in total. The number of nitrogens with zero attached hydrogens (tertiary/aromatic N) is 2. The predicted octanol–water partition coefficient (Wildman–Crippen LogP) is 1.73. The molecular weight excluding hydrogens is 302 g/mol. The summed E-state index contributed by atoms with van der Waals surface area (Å²) in [6.45, 7) is 11.2. The van der Waals surface area contributed by atoms with Crippen LogP contribution >= 0.6 is 0 Å². The van der Waals surface area contributed by atoms with E-state index in [2.05, 4.69) is 24.1 Å². The minimum atomic E-state index is 0.216. The van der Waals surface area contributed by atoms with Gasteiger partial charge in [-0.3, -0.25) is 9.59 Å². The lowest BCUT2D eigenvalue weighted by Crippen LogP contribution is -2.39. The summed E-state index contributed by atoms with van der Waals surface area (Å²) in [5.74, 6) is 2.73. The van der Waals surface area contributed by atoms with Gasteiger partial charge in [0.1, 0.15) is 0 Å². The second-order valence-electron chi connectivity index (χ2n) is 8.52. The van der Waals surface area contributed by atoms with Crippen molar-refractivity contribution in [3.05, 3.63) is 0 Å². The maximum atomic E-state index is 12.3. The topological polar surface area (TPSA) is 52.7 Å². The second-order valence-corrected chi connectivity index (χ2v) is 8.52. The Bertz CT molecular complexity index is 467. The van der Waals surface area contributed by atoms with E-state index in [1.165, 1.54) is 6.42 Å². The Hall–Kier alpha value is -1.10. The molecule has 24 heavy (non-hydrogen) atoms. The zero-order valence-electron chi connectivity index (χ0n) is 15.5. The van der Waals surface area contributed by atoms with Gasteiger partial charge in [0.2, 0.25) is 11.8 Å². The Labute approximate surface area is 146 Å². The maximum absolute atomic E-state index is 12.3. The van der Waals surface area contributed by atoms with Crippen LogP contribution in [0.3, 0.4) is 0 Å². The molecular formula is C19H33N3O2. The molecule has 2 aliphatic heterocycles. The zero-order chi connectivity index (χ0) is 17.3. The SMILES string of the molecule is CC(=O)N1C[C@H]2CN(CC[C@@H](C)NC(=O)[C@@H]3CC[C@@H](C)C3)C[C@H]2C1. The number of carbonyl (C=O) groups is 2. The van der Waals surface area contributed by atoms with Crippen LogP contribution in [0.25, 0.3) is 0 Å². The molecule has 5 atom stereocenters. The first-order valence-electron chi connectivity index (χ1n) is 9.70. The molecule has 1 aliphatic carbocycles. The highest BCUT2D eigenvalue weighted by atomic mass is 16.2. The van der Waals surface area contributed by atoms with Crippen molar-refractivity contribution in [2.24, 2.45) is 23.7 Å². The van der Waals surface area contributed by atoms with Crippen LogP contribution in [0.15, 0.2) is 0 Å². The number of carbonyl (C=O) groups excluding carboxylic acids is 2. The van der Waals surface area contributed by atoms with Crippen molar-refractivity contribution in [2.45, 2.75) is 52.5 Å². The van der Waals surface area contributed by atoms with Crippen molar-refractivity contribution in [2.75, 3.05) is 32.7 Å². The molecule has 136 valence electrons. The highest BCUT2D eigenvalue weighted by molar-refractivity contribution is 5.79. The fourth-order valence-corrected chi connectivity index (χ4v) is 4.78. The molecule has 3 rings (SSSR count). The van der Waals surface area contributed by atoms with Crippen molar-refractivity contribution in [3.63, 3.8) is 0 Å². The van der Waals surface area contributed by atoms with Crippen LogP contribution in [0.4, 0.5) is 0 Å². The summed E-state index contributed by atoms with van der Waals surface area (Å²) in [7, 11) is 0. The predicted molar refractivity (Wildman–Crippen MR) is 94.4 cm³/mol. The maximum Gasteiger partial charge on any atom is 0.223 e. The quantitative estimate of drug-likeness (QED) is 0.832. The van der Waals surface area contributed by atoms with Crippen LogP contribution in [-0.4, -0.2) is 60.4 Å². The number of fused-ring (bicyclic) bond motifs is 1. The highest BCUT2D eigenvalue weighted by Crippen LogP contribution is 2.32. The van der Waals surface area contributed by atoms with Crippen LogP contribution in [0.1, 0.15) is 46.5 Å². The van der Waals surface area contributed by atoms with Crippen LogP contribution in [-0.2, 0) is 9.59 Å². The molecule has 0 radical (unpaired) electrons. The van der Waals surface area contributed by atoms with Gasteiger partial charge in [-0.15, -0.1) is 0 Å². The van der Waals surface area contributed by atoms with Crippen LogP contribution in [0.5, 0.6) is 0 Å². The van der Waals surface area contributed by atoms with Crippen LogP contribution in [0, 0.1) is 23.7 Å². The number of nitrogens with one attached hydrogen (secondary N) is 1. The lowest BCUT2D eigenvalue weighted by Gasteiger charge is -2.23. The largest absolute Gasteiger partial charge is 0.353 e. The van der Waals surface area contributed by atoms with E-state index in [-0.39, 0.29) is 23.8 Å². The molecule has 1 saturated carbocycles. The van der Waals surface area contributed by atoms with Crippen molar-refractivity contribution < 1.29 is 9.59 Å². The molecule has 5 heteroatoms. The van der Waals surface area contributed by atoms with E-state index in [0.717, 1.165) is 52.0 Å². The molecule has 0 aromatic carbocycles. The van der Waals surface area contributed by atoms with Crippen molar-refractivity contribution in [1.29, 1.82) is 0 Å². The summed E-state index contributed by atoms with van der Waals surface area (Å²) in [4.78, 5) is 28.3. The summed E-state index contributed by atoms with van der Waals surface area (Å²) in [5.41, 5.74) is 0. The van der Waals surface area contributed by atoms with Gasteiger partial charge in [-0.25, -0.2) is 0 Å². The lowest BCUT2D eigenvalue weighted by atomic mass is 10.0. The molecule has 5 nitrogen and oxygen atoms in total. The third-order valence-electron chi connectivity index (χ3n) is 6.34. The standard InChI is InChI=1S/C19H33N3O2/c1-13-4-5-16(8-13)19(24)20-14(2)6-7-21-9-17-11-22(15(3)23)12-18(17)10-21/h13-14,16-18H,4-12H2,1-3H3,(H,20,24)/t13-,14-,16-,17-,18+/m1/s1. The first-order chi connectivity index (χ1) is 11.4. The molecule has 3 fully saturated rings. The fourth-order valence-electron chi connectivity index (χ4n) is 4.78. The molecule has 2 amide bonds. The Balaban J connectivity index is 1.35. The Morgan fingerprint density at radius 3 is 2.33 bits per heavy atom. The summed E-state index contributed by atoms with van der Waals surface area (Å²) in [6.07, 6.45) is 4.33. The first kappa shape index (κ1) is 17.7. The second kappa shape index (κ2) is 7.42. The summed E-state index contributed by atoms with van der Waals surface area (Å²) < 4.78 is 0. The van der Waals surface area contributed by atoms with Crippen molar-refractivity contribution >= 4 is 11.8 Å². The molecule has 0 spiro atoms. The van der Waals surface area contributed by atoms with E-state index in [1.54, 1.807) is 6.92 Å². The normalized spacial score (nSPS) is 34.4. The summed E-state index contributed by atoms with van der Waals surface area (Å²) in [6, 6.07) is 0.252. The van der Waals surface area contributed by atoms with Crippen LogP contribution < -0.4 is 5.32 Å². The van der Waals surface area contributed by atoms with Crippen molar-refractivity contribution in [1.82, 2.24) is 15.1 Å².